The summed E-state index contributed by atoms with van der Waals surface area (Å²) in [6.45, 7) is 0.655. The molecule has 2 aromatic carbocycles. The molecule has 29 heavy (non-hydrogen) atoms. The van der Waals surface area contributed by atoms with Gasteiger partial charge in [-0.2, -0.15) is 0 Å². The predicted molar refractivity (Wildman–Crippen MR) is 109 cm³/mol. The number of Topliss-reactive ketones (excluding diaryl/α,β-unsaturated/α-hetero) is 1. The van der Waals surface area contributed by atoms with Crippen LogP contribution in [0.1, 0.15) is 34.8 Å². The van der Waals surface area contributed by atoms with Crippen molar-refractivity contribution in [2.24, 2.45) is 0 Å². The molecule has 2 aromatic rings. The van der Waals surface area contributed by atoms with E-state index in [-0.39, 0.29) is 37.4 Å². The topological polar surface area (TPSA) is 77.1 Å². The zero-order valence-electron chi connectivity index (χ0n) is 16.9. The lowest BCUT2D eigenvalue weighted by Gasteiger charge is -2.25. The molecule has 1 atom stereocenters. The van der Waals surface area contributed by atoms with Crippen LogP contribution in [-0.4, -0.2) is 51.1 Å². The molecule has 0 spiro atoms. The van der Waals surface area contributed by atoms with E-state index in [0.717, 1.165) is 11.3 Å². The summed E-state index contributed by atoms with van der Waals surface area (Å²) < 4.78 is 15.9. The van der Waals surface area contributed by atoms with Gasteiger partial charge in [0.25, 0.3) is 0 Å². The highest BCUT2D eigenvalue weighted by Crippen LogP contribution is 2.34. The average Bonchev–Trinajstić information content (AvgIpc) is 3.20. The third-order valence-electron chi connectivity index (χ3n) is 4.87. The van der Waals surface area contributed by atoms with Gasteiger partial charge in [-0.3, -0.25) is 9.59 Å². The third kappa shape index (κ3) is 5.26. The number of ketones is 1. The molecule has 0 bridgehead atoms. The monoisotopic (exact) mass is 398 g/mol. The van der Waals surface area contributed by atoms with Gasteiger partial charge in [0.1, 0.15) is 5.75 Å². The van der Waals surface area contributed by atoms with Crippen molar-refractivity contribution in [3.05, 3.63) is 53.6 Å². The number of fused-ring (bicyclic) bond motifs is 1. The van der Waals surface area contributed by atoms with Gasteiger partial charge >= 0.3 is 0 Å². The van der Waals surface area contributed by atoms with Crippen LogP contribution in [0.15, 0.2) is 42.5 Å². The molecule has 0 aromatic heterocycles. The number of amides is 1. The molecule has 1 aliphatic heterocycles. The third-order valence-corrected chi connectivity index (χ3v) is 4.87. The van der Waals surface area contributed by atoms with Crippen molar-refractivity contribution in [3.8, 4) is 17.2 Å². The molecule has 7 nitrogen and oxygen atoms in total. The molecule has 1 aliphatic rings. The number of likely N-dealkylation sites (N-methyl/N-ethyl adjacent to an activating group) is 1. The fourth-order valence-electron chi connectivity index (χ4n) is 3.19. The van der Waals surface area contributed by atoms with Crippen molar-refractivity contribution in [3.63, 3.8) is 0 Å². The van der Waals surface area contributed by atoms with Crippen molar-refractivity contribution < 1.29 is 23.8 Å². The van der Waals surface area contributed by atoms with Crippen LogP contribution < -0.4 is 19.5 Å². The van der Waals surface area contributed by atoms with Crippen LogP contribution in [0.4, 0.5) is 0 Å². The van der Waals surface area contributed by atoms with Gasteiger partial charge < -0.3 is 24.4 Å². The van der Waals surface area contributed by atoms with Crippen molar-refractivity contribution in [1.82, 2.24) is 10.2 Å². The molecule has 154 valence electrons. The second kappa shape index (κ2) is 9.43. The highest BCUT2D eigenvalue weighted by molar-refractivity contribution is 5.98. The largest absolute Gasteiger partial charge is 0.497 e. The molecule has 1 heterocycles. The minimum Gasteiger partial charge on any atom is -0.497 e. The molecule has 0 saturated heterocycles. The smallest absolute Gasteiger partial charge is 0.231 e. The first-order chi connectivity index (χ1) is 14.0. The maximum atomic E-state index is 12.3. The van der Waals surface area contributed by atoms with E-state index in [1.165, 1.54) is 0 Å². The number of carbonyl (C=O) groups is 2. The second-order valence-corrected chi connectivity index (χ2v) is 7.05. The second-order valence-electron chi connectivity index (χ2n) is 7.05. The van der Waals surface area contributed by atoms with Crippen LogP contribution in [0.3, 0.4) is 0 Å². The van der Waals surface area contributed by atoms with E-state index in [2.05, 4.69) is 5.32 Å². The van der Waals surface area contributed by atoms with Gasteiger partial charge in [-0.15, -0.1) is 0 Å². The first-order valence-corrected chi connectivity index (χ1v) is 9.48. The first-order valence-electron chi connectivity index (χ1n) is 9.48. The Hall–Kier alpha value is -3.06. The van der Waals surface area contributed by atoms with Gasteiger partial charge in [0.05, 0.1) is 13.2 Å². The quantitative estimate of drug-likeness (QED) is 0.655. The van der Waals surface area contributed by atoms with E-state index in [1.807, 2.05) is 37.2 Å². The Bertz CT molecular complexity index is 881. The maximum absolute atomic E-state index is 12.3. The fourth-order valence-corrected chi connectivity index (χ4v) is 3.19. The fraction of sp³-hybridized carbons (Fsp3) is 0.364. The van der Waals surface area contributed by atoms with Gasteiger partial charge in [0.2, 0.25) is 12.7 Å². The van der Waals surface area contributed by atoms with E-state index < -0.39 is 0 Å². The van der Waals surface area contributed by atoms with Crippen LogP contribution in [0.25, 0.3) is 0 Å². The molecule has 1 unspecified atom stereocenters. The molecular weight excluding hydrogens is 372 g/mol. The zero-order valence-corrected chi connectivity index (χ0v) is 16.9. The normalized spacial score (nSPS) is 13.2. The highest BCUT2D eigenvalue weighted by atomic mass is 16.7. The lowest BCUT2D eigenvalue weighted by molar-refractivity contribution is -0.121. The Morgan fingerprint density at radius 3 is 2.66 bits per heavy atom. The van der Waals surface area contributed by atoms with E-state index in [9.17, 15) is 9.59 Å². The molecule has 0 radical (unpaired) electrons. The van der Waals surface area contributed by atoms with Crippen LogP contribution in [0.2, 0.25) is 0 Å². The number of methoxy groups -OCH3 is 1. The van der Waals surface area contributed by atoms with Gasteiger partial charge in [0, 0.05) is 24.9 Å². The summed E-state index contributed by atoms with van der Waals surface area (Å²) in [6, 6.07) is 12.7. The number of rotatable bonds is 9. The SMILES string of the molecule is COc1cccc(C(=O)CCC(=O)NCC(c2ccc3c(c2)OCO3)N(C)C)c1. The number of nitrogens with zero attached hydrogens (tertiary/aromatic N) is 1. The van der Waals surface area contributed by atoms with Crippen LogP contribution in [-0.2, 0) is 4.79 Å². The summed E-state index contributed by atoms with van der Waals surface area (Å²) in [5.74, 6) is 1.82. The van der Waals surface area contributed by atoms with Crippen LogP contribution >= 0.6 is 0 Å². The summed E-state index contributed by atoms with van der Waals surface area (Å²) in [7, 11) is 5.46. The zero-order chi connectivity index (χ0) is 20.8. The number of hydrogen-bond acceptors (Lipinski definition) is 6. The standard InChI is InChI=1S/C22H26N2O5/c1-24(2)18(15-7-9-20-21(12-15)29-14-28-20)13-23-22(26)10-8-19(25)16-5-4-6-17(11-16)27-3/h4-7,9,11-12,18H,8,10,13-14H2,1-3H3,(H,23,26). The Morgan fingerprint density at radius 2 is 1.90 bits per heavy atom. The van der Waals surface area contributed by atoms with Gasteiger partial charge in [0.15, 0.2) is 17.3 Å². The van der Waals surface area contributed by atoms with Gasteiger partial charge in [-0.25, -0.2) is 0 Å². The van der Waals surface area contributed by atoms with Crippen molar-refractivity contribution in [2.45, 2.75) is 18.9 Å². The van der Waals surface area contributed by atoms with Crippen LogP contribution in [0, 0.1) is 0 Å². The van der Waals surface area contributed by atoms with Crippen molar-refractivity contribution >= 4 is 11.7 Å². The summed E-state index contributed by atoms with van der Waals surface area (Å²) in [6.07, 6.45) is 0.285. The van der Waals surface area contributed by atoms with Gasteiger partial charge in [-0.05, 0) is 43.9 Å². The van der Waals surface area contributed by atoms with E-state index in [1.54, 1.807) is 31.4 Å². The van der Waals surface area contributed by atoms with E-state index in [0.29, 0.717) is 23.6 Å². The lowest BCUT2D eigenvalue weighted by Crippen LogP contribution is -2.34. The van der Waals surface area contributed by atoms with Crippen LogP contribution in [0.5, 0.6) is 17.2 Å². The van der Waals surface area contributed by atoms with Gasteiger partial charge in [-0.1, -0.05) is 18.2 Å². The first kappa shape index (κ1) is 20.7. The maximum Gasteiger partial charge on any atom is 0.231 e. The molecule has 0 aliphatic carbocycles. The minimum atomic E-state index is -0.158. The molecule has 1 N–H and O–H groups in total. The number of ether oxygens (including phenoxy) is 3. The Morgan fingerprint density at radius 1 is 1.10 bits per heavy atom. The number of carbonyl (C=O) groups excluding carboxylic acids is 2. The predicted octanol–water partition coefficient (Wildman–Crippen LogP) is 2.81. The number of benzene rings is 2. The summed E-state index contributed by atoms with van der Waals surface area (Å²) in [5, 5.41) is 2.93. The van der Waals surface area contributed by atoms with E-state index in [4.69, 9.17) is 14.2 Å². The summed E-state index contributed by atoms with van der Waals surface area (Å²) in [4.78, 5) is 26.6. The lowest BCUT2D eigenvalue weighted by atomic mass is 10.0. The Labute approximate surface area is 170 Å². The minimum absolute atomic E-state index is 0.0254. The molecule has 0 saturated carbocycles. The van der Waals surface area contributed by atoms with Crippen molar-refractivity contribution in [2.75, 3.05) is 34.5 Å². The molecule has 3 rings (SSSR count). The number of nitrogens with one attached hydrogen (secondary N) is 1. The molecule has 1 amide bonds. The average molecular weight is 398 g/mol. The molecular formula is C22H26N2O5. The number of hydrogen-bond donors (Lipinski definition) is 1. The van der Waals surface area contributed by atoms with Crippen molar-refractivity contribution in [1.29, 1.82) is 0 Å². The highest BCUT2D eigenvalue weighted by Gasteiger charge is 2.20. The Balaban J connectivity index is 1.53. The molecule has 0 fully saturated rings. The molecule has 7 heteroatoms. The Kier molecular flexibility index (Phi) is 6.72. The van der Waals surface area contributed by atoms with E-state index >= 15 is 0 Å². The summed E-state index contributed by atoms with van der Waals surface area (Å²) in [5.41, 5.74) is 1.57. The summed E-state index contributed by atoms with van der Waals surface area (Å²) >= 11 is 0.